The van der Waals surface area contributed by atoms with Crippen molar-refractivity contribution >= 4 is 16.6 Å². The smallest absolute Gasteiger partial charge is 0.145 e. The summed E-state index contributed by atoms with van der Waals surface area (Å²) >= 11 is 0. The van der Waals surface area contributed by atoms with E-state index in [9.17, 15) is 0 Å². The number of para-hydroxylation sites is 1. The number of anilines is 1. The van der Waals surface area contributed by atoms with E-state index >= 15 is 0 Å². The average molecular weight is 202 g/mol. The van der Waals surface area contributed by atoms with Crippen molar-refractivity contribution in [2.24, 2.45) is 0 Å². The molecule has 15 heavy (non-hydrogen) atoms. The van der Waals surface area contributed by atoms with Crippen LogP contribution in [0.1, 0.15) is 5.69 Å². The summed E-state index contributed by atoms with van der Waals surface area (Å²) in [6, 6.07) is 7.96. The van der Waals surface area contributed by atoms with Crippen molar-refractivity contribution in [2.45, 2.75) is 6.92 Å². The molecule has 2 rings (SSSR count). The molecule has 3 nitrogen and oxygen atoms in total. The van der Waals surface area contributed by atoms with Crippen LogP contribution in [0.25, 0.3) is 10.9 Å². The summed E-state index contributed by atoms with van der Waals surface area (Å²) in [6.45, 7) is 1.98. The van der Waals surface area contributed by atoms with Crippen LogP contribution in [0, 0.1) is 6.92 Å². The molecule has 3 heteroatoms. The topological polar surface area (TPSA) is 34.2 Å². The second-order valence-corrected chi connectivity index (χ2v) is 3.42. The van der Waals surface area contributed by atoms with Gasteiger partial charge in [-0.3, -0.25) is 0 Å². The minimum absolute atomic E-state index is 0.813. The van der Waals surface area contributed by atoms with Gasteiger partial charge >= 0.3 is 0 Å². The molecule has 0 unspecified atom stereocenters. The molecule has 0 spiro atoms. The van der Waals surface area contributed by atoms with Crippen molar-refractivity contribution in [3.63, 3.8) is 0 Å². The molecule has 0 aliphatic carbocycles. The highest BCUT2D eigenvalue weighted by Crippen LogP contribution is 2.29. The zero-order chi connectivity index (χ0) is 10.8. The van der Waals surface area contributed by atoms with E-state index in [1.165, 1.54) is 0 Å². The Balaban J connectivity index is 2.82. The minimum atomic E-state index is 0.813. The first-order valence-corrected chi connectivity index (χ1v) is 4.88. The van der Waals surface area contributed by atoms with Crippen molar-refractivity contribution in [2.75, 3.05) is 19.5 Å². The van der Waals surface area contributed by atoms with E-state index in [1.807, 2.05) is 38.2 Å². The Morgan fingerprint density at radius 1 is 1.33 bits per heavy atom. The van der Waals surface area contributed by atoms with Gasteiger partial charge in [-0.05, 0) is 19.1 Å². The highest BCUT2D eigenvalue weighted by atomic mass is 16.5. The molecule has 0 fully saturated rings. The van der Waals surface area contributed by atoms with Gasteiger partial charge in [0.25, 0.3) is 0 Å². The van der Waals surface area contributed by atoms with Crippen LogP contribution in [0.2, 0.25) is 0 Å². The van der Waals surface area contributed by atoms with Crippen LogP contribution in [0.5, 0.6) is 5.75 Å². The fourth-order valence-corrected chi connectivity index (χ4v) is 1.72. The normalized spacial score (nSPS) is 10.3. The third-order valence-electron chi connectivity index (χ3n) is 2.42. The first-order chi connectivity index (χ1) is 7.26. The number of nitrogens with one attached hydrogen (secondary N) is 1. The predicted octanol–water partition coefficient (Wildman–Crippen LogP) is 2.59. The van der Waals surface area contributed by atoms with Crippen molar-refractivity contribution in [1.29, 1.82) is 0 Å². The molecule has 2 aromatic rings. The SMILES string of the molecule is CNc1cc(C)nc2c(OC)cccc12. The van der Waals surface area contributed by atoms with Crippen LogP contribution in [0.4, 0.5) is 5.69 Å². The number of benzene rings is 1. The Morgan fingerprint density at radius 2 is 2.13 bits per heavy atom. The number of methoxy groups -OCH3 is 1. The Morgan fingerprint density at radius 3 is 2.80 bits per heavy atom. The fourth-order valence-electron chi connectivity index (χ4n) is 1.72. The molecule has 1 aromatic heterocycles. The number of ether oxygens (including phenoxy) is 1. The van der Waals surface area contributed by atoms with Crippen LogP contribution >= 0.6 is 0 Å². The molecule has 0 saturated carbocycles. The first-order valence-electron chi connectivity index (χ1n) is 4.88. The third kappa shape index (κ3) is 1.61. The first kappa shape index (κ1) is 9.77. The molecule has 1 N–H and O–H groups in total. The molecular weight excluding hydrogens is 188 g/mol. The van der Waals surface area contributed by atoms with Crippen LogP contribution in [0.3, 0.4) is 0 Å². The average Bonchev–Trinajstić information content (AvgIpc) is 2.27. The fraction of sp³-hybridized carbons (Fsp3) is 0.250. The number of nitrogens with zero attached hydrogens (tertiary/aromatic N) is 1. The molecule has 0 radical (unpaired) electrons. The second kappa shape index (κ2) is 3.77. The highest BCUT2D eigenvalue weighted by Gasteiger charge is 2.06. The standard InChI is InChI=1S/C12H14N2O/c1-8-7-10(13-2)9-5-4-6-11(15-3)12(9)14-8/h4-7H,1-3H3,(H,13,14). The molecule has 1 heterocycles. The summed E-state index contributed by atoms with van der Waals surface area (Å²) in [7, 11) is 3.57. The zero-order valence-corrected chi connectivity index (χ0v) is 9.16. The molecule has 1 aromatic carbocycles. The highest BCUT2D eigenvalue weighted by molar-refractivity contribution is 5.95. The molecule has 0 aliphatic rings. The van der Waals surface area contributed by atoms with E-state index in [0.29, 0.717) is 0 Å². The van der Waals surface area contributed by atoms with E-state index in [4.69, 9.17) is 4.74 Å². The van der Waals surface area contributed by atoms with Gasteiger partial charge < -0.3 is 10.1 Å². The van der Waals surface area contributed by atoms with Gasteiger partial charge in [-0.2, -0.15) is 0 Å². The molecule has 0 amide bonds. The van der Waals surface area contributed by atoms with Crippen LogP contribution in [-0.4, -0.2) is 19.1 Å². The third-order valence-corrected chi connectivity index (χ3v) is 2.42. The van der Waals surface area contributed by atoms with Gasteiger partial charge in [-0.25, -0.2) is 4.98 Å². The summed E-state index contributed by atoms with van der Waals surface area (Å²) < 4.78 is 5.29. The Hall–Kier alpha value is -1.77. The lowest BCUT2D eigenvalue weighted by Crippen LogP contribution is -1.95. The number of fused-ring (bicyclic) bond motifs is 1. The number of aromatic nitrogens is 1. The van der Waals surface area contributed by atoms with Crippen molar-refractivity contribution in [3.8, 4) is 5.75 Å². The van der Waals surface area contributed by atoms with Gasteiger partial charge in [0.1, 0.15) is 11.3 Å². The van der Waals surface area contributed by atoms with Crippen molar-refractivity contribution in [1.82, 2.24) is 4.98 Å². The molecule has 0 aliphatic heterocycles. The van der Waals surface area contributed by atoms with Gasteiger partial charge in [0.2, 0.25) is 0 Å². The predicted molar refractivity (Wildman–Crippen MR) is 62.6 cm³/mol. The van der Waals surface area contributed by atoms with E-state index in [1.54, 1.807) is 7.11 Å². The zero-order valence-electron chi connectivity index (χ0n) is 9.16. The van der Waals surface area contributed by atoms with E-state index < -0.39 is 0 Å². The number of hydrogen-bond acceptors (Lipinski definition) is 3. The number of pyridine rings is 1. The summed E-state index contributed by atoms with van der Waals surface area (Å²) in [4.78, 5) is 4.49. The van der Waals surface area contributed by atoms with Gasteiger partial charge in [-0.1, -0.05) is 12.1 Å². The van der Waals surface area contributed by atoms with Crippen LogP contribution < -0.4 is 10.1 Å². The summed E-state index contributed by atoms with van der Waals surface area (Å²) in [5.41, 5.74) is 2.97. The van der Waals surface area contributed by atoms with Gasteiger partial charge in [-0.15, -0.1) is 0 Å². The van der Waals surface area contributed by atoms with Gasteiger partial charge in [0, 0.05) is 23.8 Å². The number of aryl methyl sites for hydroxylation is 1. The largest absolute Gasteiger partial charge is 0.494 e. The maximum absolute atomic E-state index is 5.29. The molecular formula is C12H14N2O. The lowest BCUT2D eigenvalue weighted by molar-refractivity contribution is 0.419. The second-order valence-electron chi connectivity index (χ2n) is 3.42. The number of hydrogen-bond donors (Lipinski definition) is 1. The van der Waals surface area contributed by atoms with Gasteiger partial charge in [0.05, 0.1) is 7.11 Å². The Bertz CT molecular complexity index is 494. The molecule has 0 bridgehead atoms. The van der Waals surface area contributed by atoms with E-state index in [-0.39, 0.29) is 0 Å². The quantitative estimate of drug-likeness (QED) is 0.812. The molecule has 0 atom stereocenters. The number of rotatable bonds is 2. The monoisotopic (exact) mass is 202 g/mol. The van der Waals surface area contributed by atoms with E-state index in [2.05, 4.69) is 10.3 Å². The maximum Gasteiger partial charge on any atom is 0.145 e. The lowest BCUT2D eigenvalue weighted by Gasteiger charge is -2.09. The Labute approximate surface area is 89.1 Å². The van der Waals surface area contributed by atoms with Gasteiger partial charge in [0.15, 0.2) is 0 Å². The van der Waals surface area contributed by atoms with Crippen molar-refractivity contribution in [3.05, 3.63) is 30.0 Å². The minimum Gasteiger partial charge on any atom is -0.494 e. The lowest BCUT2D eigenvalue weighted by atomic mass is 10.1. The Kier molecular flexibility index (Phi) is 2.46. The van der Waals surface area contributed by atoms with E-state index in [0.717, 1.165) is 28.0 Å². The van der Waals surface area contributed by atoms with Crippen LogP contribution in [0.15, 0.2) is 24.3 Å². The molecule has 78 valence electrons. The molecule has 0 saturated heterocycles. The summed E-state index contributed by atoms with van der Waals surface area (Å²) in [5, 5.41) is 4.25. The maximum atomic E-state index is 5.29. The summed E-state index contributed by atoms with van der Waals surface area (Å²) in [6.07, 6.45) is 0. The van der Waals surface area contributed by atoms with Crippen LogP contribution in [-0.2, 0) is 0 Å². The summed E-state index contributed by atoms with van der Waals surface area (Å²) in [5.74, 6) is 0.813. The van der Waals surface area contributed by atoms with Crippen molar-refractivity contribution < 1.29 is 4.74 Å².